The van der Waals surface area contributed by atoms with Gasteiger partial charge in [-0.15, -0.1) is 0 Å². The Labute approximate surface area is 128 Å². The molecule has 1 atom stereocenters. The fourth-order valence-electron chi connectivity index (χ4n) is 2.65. The van der Waals surface area contributed by atoms with Crippen molar-refractivity contribution in [2.24, 2.45) is 0 Å². The fourth-order valence-corrected chi connectivity index (χ4v) is 2.65. The smallest absolute Gasteiger partial charge is 0.119 e. The Morgan fingerprint density at radius 1 is 1.00 bits per heavy atom. The first-order valence-corrected chi connectivity index (χ1v) is 7.51. The minimum atomic E-state index is 0.395. The van der Waals surface area contributed by atoms with Crippen LogP contribution in [0.25, 0.3) is 0 Å². The summed E-state index contributed by atoms with van der Waals surface area (Å²) in [4.78, 5) is 0. The molecule has 2 aromatic rings. The van der Waals surface area contributed by atoms with E-state index in [1.807, 2.05) is 13.1 Å². The predicted molar refractivity (Wildman–Crippen MR) is 89.3 cm³/mol. The van der Waals surface area contributed by atoms with Crippen LogP contribution in [0, 0.1) is 13.8 Å². The number of rotatable bonds is 6. The zero-order valence-electron chi connectivity index (χ0n) is 13.4. The van der Waals surface area contributed by atoms with E-state index in [2.05, 4.69) is 55.6 Å². The van der Waals surface area contributed by atoms with Crippen molar-refractivity contribution < 1.29 is 4.74 Å². The van der Waals surface area contributed by atoms with E-state index in [0.717, 1.165) is 18.7 Å². The molecule has 112 valence electrons. The highest BCUT2D eigenvalue weighted by Crippen LogP contribution is 2.31. The van der Waals surface area contributed by atoms with E-state index in [4.69, 9.17) is 4.74 Å². The van der Waals surface area contributed by atoms with Crippen LogP contribution in [0.2, 0.25) is 0 Å². The molecule has 1 N–H and O–H groups in total. The Morgan fingerprint density at radius 2 is 1.76 bits per heavy atom. The maximum Gasteiger partial charge on any atom is 0.119 e. The van der Waals surface area contributed by atoms with Gasteiger partial charge in [-0.25, -0.2) is 0 Å². The molecule has 0 radical (unpaired) electrons. The molecule has 0 saturated heterocycles. The van der Waals surface area contributed by atoms with Gasteiger partial charge >= 0.3 is 0 Å². The quantitative estimate of drug-likeness (QED) is 0.863. The predicted octanol–water partition coefficient (Wildman–Crippen LogP) is 4.05. The van der Waals surface area contributed by atoms with Gasteiger partial charge in [0, 0.05) is 5.92 Å². The highest BCUT2D eigenvalue weighted by atomic mass is 16.5. The van der Waals surface area contributed by atoms with Crippen molar-refractivity contribution >= 4 is 0 Å². The van der Waals surface area contributed by atoms with Crippen LogP contribution in [0.4, 0.5) is 0 Å². The number of methoxy groups -OCH3 is 1. The second kappa shape index (κ2) is 7.28. The molecule has 2 heteroatoms. The maximum absolute atomic E-state index is 5.37. The van der Waals surface area contributed by atoms with Crippen LogP contribution < -0.4 is 10.1 Å². The highest BCUT2D eigenvalue weighted by molar-refractivity contribution is 5.40. The van der Waals surface area contributed by atoms with Gasteiger partial charge in [0.15, 0.2) is 0 Å². The van der Waals surface area contributed by atoms with E-state index < -0.39 is 0 Å². The summed E-state index contributed by atoms with van der Waals surface area (Å²) in [5.41, 5.74) is 5.39. The van der Waals surface area contributed by atoms with Gasteiger partial charge in [-0.2, -0.15) is 0 Å². The van der Waals surface area contributed by atoms with Gasteiger partial charge in [0.25, 0.3) is 0 Å². The second-order valence-electron chi connectivity index (χ2n) is 5.57. The topological polar surface area (TPSA) is 21.3 Å². The van der Waals surface area contributed by atoms with Gasteiger partial charge in [0.2, 0.25) is 0 Å². The Bertz CT molecular complexity index is 592. The third-order valence-corrected chi connectivity index (χ3v) is 4.11. The standard InChI is InChI=1S/C19H25NO/c1-14-8-9-17(12-15(14)2)19(10-11-20-3)16-6-5-7-18(13-16)21-4/h5-9,12-13,19-20H,10-11H2,1-4H3. The lowest BCUT2D eigenvalue weighted by Gasteiger charge is -2.20. The first kappa shape index (κ1) is 15.6. The van der Waals surface area contributed by atoms with Crippen LogP contribution in [0.5, 0.6) is 5.75 Å². The number of hydrogen-bond acceptors (Lipinski definition) is 2. The number of benzene rings is 2. The lowest BCUT2D eigenvalue weighted by molar-refractivity contribution is 0.414. The van der Waals surface area contributed by atoms with Crippen molar-refractivity contribution in [3.63, 3.8) is 0 Å². The first-order valence-electron chi connectivity index (χ1n) is 7.51. The van der Waals surface area contributed by atoms with Crippen molar-refractivity contribution in [2.75, 3.05) is 20.7 Å². The summed E-state index contributed by atoms with van der Waals surface area (Å²) >= 11 is 0. The van der Waals surface area contributed by atoms with Gasteiger partial charge in [-0.3, -0.25) is 0 Å². The number of hydrogen-bond donors (Lipinski definition) is 1. The highest BCUT2D eigenvalue weighted by Gasteiger charge is 2.15. The molecule has 21 heavy (non-hydrogen) atoms. The SMILES string of the molecule is CNCCC(c1cccc(OC)c1)c1ccc(C)c(C)c1. The van der Waals surface area contributed by atoms with Crippen LogP contribution in [0.15, 0.2) is 42.5 Å². The molecule has 0 aromatic heterocycles. The molecule has 0 spiro atoms. The third-order valence-electron chi connectivity index (χ3n) is 4.11. The maximum atomic E-state index is 5.37. The van der Waals surface area contributed by atoms with E-state index in [1.165, 1.54) is 22.3 Å². The molecule has 1 unspecified atom stereocenters. The Kier molecular flexibility index (Phi) is 5.40. The lowest BCUT2D eigenvalue weighted by Crippen LogP contribution is -2.13. The van der Waals surface area contributed by atoms with Gasteiger partial charge < -0.3 is 10.1 Å². The molecule has 2 nitrogen and oxygen atoms in total. The van der Waals surface area contributed by atoms with E-state index in [9.17, 15) is 0 Å². The van der Waals surface area contributed by atoms with E-state index in [0.29, 0.717) is 5.92 Å². The van der Waals surface area contributed by atoms with Crippen LogP contribution in [0.1, 0.15) is 34.6 Å². The van der Waals surface area contributed by atoms with E-state index in [1.54, 1.807) is 7.11 Å². The van der Waals surface area contributed by atoms with Crippen molar-refractivity contribution in [1.29, 1.82) is 0 Å². The molecular formula is C19H25NO. The molecule has 0 aliphatic carbocycles. The Balaban J connectivity index is 2.38. The van der Waals surface area contributed by atoms with Crippen molar-refractivity contribution in [3.8, 4) is 5.75 Å². The monoisotopic (exact) mass is 283 g/mol. The van der Waals surface area contributed by atoms with E-state index in [-0.39, 0.29) is 0 Å². The minimum Gasteiger partial charge on any atom is -0.497 e. The number of aryl methyl sites for hydroxylation is 2. The zero-order valence-corrected chi connectivity index (χ0v) is 13.4. The van der Waals surface area contributed by atoms with E-state index >= 15 is 0 Å². The van der Waals surface area contributed by atoms with Gasteiger partial charge in [-0.1, -0.05) is 30.3 Å². The molecule has 0 saturated carbocycles. The second-order valence-corrected chi connectivity index (χ2v) is 5.57. The minimum absolute atomic E-state index is 0.395. The van der Waals surface area contributed by atoms with Crippen LogP contribution in [0.3, 0.4) is 0 Å². The molecule has 2 rings (SSSR count). The zero-order chi connectivity index (χ0) is 15.2. The molecular weight excluding hydrogens is 258 g/mol. The summed E-state index contributed by atoms with van der Waals surface area (Å²) in [6, 6.07) is 15.2. The third kappa shape index (κ3) is 3.85. The summed E-state index contributed by atoms with van der Waals surface area (Å²) in [7, 11) is 3.72. The summed E-state index contributed by atoms with van der Waals surface area (Å²) in [5.74, 6) is 1.32. The lowest BCUT2D eigenvalue weighted by atomic mass is 9.87. The molecule has 0 fully saturated rings. The Hall–Kier alpha value is -1.80. The largest absolute Gasteiger partial charge is 0.497 e. The summed E-state index contributed by atoms with van der Waals surface area (Å²) in [6.07, 6.45) is 1.08. The van der Waals surface area contributed by atoms with Gasteiger partial charge in [0.1, 0.15) is 5.75 Å². The molecule has 0 aliphatic rings. The van der Waals surface area contributed by atoms with Crippen LogP contribution in [-0.2, 0) is 0 Å². The van der Waals surface area contributed by atoms with Gasteiger partial charge in [-0.05, 0) is 68.2 Å². The normalized spacial score (nSPS) is 12.2. The average Bonchev–Trinajstić information content (AvgIpc) is 2.51. The summed E-state index contributed by atoms with van der Waals surface area (Å²) in [6.45, 7) is 5.33. The fraction of sp³-hybridized carbons (Fsp3) is 0.368. The summed E-state index contributed by atoms with van der Waals surface area (Å²) < 4.78 is 5.37. The summed E-state index contributed by atoms with van der Waals surface area (Å²) in [5, 5.41) is 3.26. The molecule has 2 aromatic carbocycles. The number of ether oxygens (including phenoxy) is 1. The van der Waals surface area contributed by atoms with Crippen molar-refractivity contribution in [2.45, 2.75) is 26.2 Å². The molecule has 0 bridgehead atoms. The molecule has 0 heterocycles. The molecule has 0 aliphatic heterocycles. The van der Waals surface area contributed by atoms with Crippen molar-refractivity contribution in [1.82, 2.24) is 5.32 Å². The number of nitrogens with one attached hydrogen (secondary N) is 1. The Morgan fingerprint density at radius 3 is 2.43 bits per heavy atom. The molecule has 0 amide bonds. The average molecular weight is 283 g/mol. The van der Waals surface area contributed by atoms with Crippen molar-refractivity contribution in [3.05, 3.63) is 64.7 Å². The van der Waals surface area contributed by atoms with Gasteiger partial charge in [0.05, 0.1) is 7.11 Å². The van der Waals surface area contributed by atoms with Crippen LogP contribution in [-0.4, -0.2) is 20.7 Å². The van der Waals surface area contributed by atoms with Crippen LogP contribution >= 0.6 is 0 Å². The first-order chi connectivity index (χ1) is 10.2.